The van der Waals surface area contributed by atoms with Crippen molar-refractivity contribution in [2.75, 3.05) is 13.7 Å². The molecule has 2 amide bonds. The molecule has 0 radical (unpaired) electrons. The number of pyridine rings is 1. The lowest BCUT2D eigenvalue weighted by Gasteiger charge is -2.42. The number of ether oxygens (including phenoxy) is 1. The third-order valence-electron chi connectivity index (χ3n) is 5.57. The summed E-state index contributed by atoms with van der Waals surface area (Å²) in [4.78, 5) is 45.1. The zero-order valence-electron chi connectivity index (χ0n) is 15.3. The number of amides is 2. The van der Waals surface area contributed by atoms with Gasteiger partial charge in [-0.3, -0.25) is 14.4 Å². The molecule has 3 aliphatic rings. The number of primary amides is 1. The minimum absolute atomic E-state index is 0.0601. The Bertz CT molecular complexity index is 938. The maximum Gasteiger partial charge on any atom is 0.274 e. The molecule has 27 heavy (non-hydrogen) atoms. The molecule has 1 saturated heterocycles. The molecule has 3 aliphatic heterocycles. The molecule has 1 aromatic heterocycles. The van der Waals surface area contributed by atoms with Crippen molar-refractivity contribution in [2.24, 2.45) is 10.9 Å². The van der Waals surface area contributed by atoms with Crippen LogP contribution in [0.4, 0.5) is 0 Å². The van der Waals surface area contributed by atoms with Crippen LogP contribution >= 0.6 is 0 Å². The van der Waals surface area contributed by atoms with Gasteiger partial charge in [-0.15, -0.1) is 0 Å². The molecule has 2 unspecified atom stereocenters. The van der Waals surface area contributed by atoms with Crippen molar-refractivity contribution in [3.8, 4) is 5.75 Å². The third kappa shape index (κ3) is 2.32. The number of carbonyl (C=O) groups is 2. The van der Waals surface area contributed by atoms with Gasteiger partial charge in [-0.1, -0.05) is 5.16 Å². The molecule has 4 heterocycles. The molecule has 1 aromatic rings. The van der Waals surface area contributed by atoms with Gasteiger partial charge in [0, 0.05) is 25.2 Å². The van der Waals surface area contributed by atoms with Gasteiger partial charge in [0.25, 0.3) is 11.8 Å². The van der Waals surface area contributed by atoms with Gasteiger partial charge in [-0.25, -0.2) is 0 Å². The Hall–Kier alpha value is -3.04. The van der Waals surface area contributed by atoms with Crippen molar-refractivity contribution >= 4 is 17.6 Å². The Morgan fingerprint density at radius 2 is 2.22 bits per heavy atom. The van der Waals surface area contributed by atoms with E-state index >= 15 is 0 Å². The Morgan fingerprint density at radius 1 is 1.48 bits per heavy atom. The molecule has 4 rings (SSSR count). The normalized spacial score (nSPS) is 28.8. The third-order valence-corrected chi connectivity index (χ3v) is 5.57. The number of rotatable bonds is 2. The fraction of sp³-hybridized carbons (Fsp3) is 0.529. The molecule has 3 N–H and O–H groups in total. The summed E-state index contributed by atoms with van der Waals surface area (Å²) in [7, 11) is 1.29. The highest BCUT2D eigenvalue weighted by Gasteiger charge is 2.54. The minimum Gasteiger partial charge on any atom is -0.491 e. The molecule has 0 saturated carbocycles. The Kier molecular flexibility index (Phi) is 3.69. The van der Waals surface area contributed by atoms with E-state index in [9.17, 15) is 14.4 Å². The highest BCUT2D eigenvalue weighted by atomic mass is 16.7. The van der Waals surface area contributed by atoms with Crippen LogP contribution < -0.4 is 21.2 Å². The first-order valence-corrected chi connectivity index (χ1v) is 8.74. The average Bonchev–Trinajstić information content (AvgIpc) is 2.95. The van der Waals surface area contributed by atoms with Gasteiger partial charge in [-0.2, -0.15) is 0 Å². The number of hydrogen-bond acceptors (Lipinski definition) is 7. The highest BCUT2D eigenvalue weighted by Crippen LogP contribution is 2.42. The van der Waals surface area contributed by atoms with E-state index in [1.807, 2.05) is 6.92 Å². The molecule has 1 fully saturated rings. The van der Waals surface area contributed by atoms with E-state index < -0.39 is 23.1 Å². The van der Waals surface area contributed by atoms with Crippen molar-refractivity contribution in [3.63, 3.8) is 0 Å². The predicted octanol–water partition coefficient (Wildman–Crippen LogP) is -0.215. The number of nitrogens with one attached hydrogen (secondary N) is 1. The van der Waals surface area contributed by atoms with Gasteiger partial charge >= 0.3 is 0 Å². The molecule has 2 bridgehead atoms. The van der Waals surface area contributed by atoms with Crippen LogP contribution in [0.25, 0.3) is 0 Å². The highest BCUT2D eigenvalue weighted by molar-refractivity contribution is 5.99. The van der Waals surface area contributed by atoms with Crippen LogP contribution in [0.15, 0.2) is 16.1 Å². The molecule has 0 aliphatic carbocycles. The zero-order chi connectivity index (χ0) is 19.5. The maximum atomic E-state index is 13.2. The second-order valence-electron chi connectivity index (χ2n) is 7.17. The standard InChI is InChI=1S/C17H21N5O5/c1-8-4-5-17(19-9(2)20-27-17)11-7-21(8)16(25)12-14(26-3)13(23)10(15(18)24)6-22(11)12/h6,8,11H,4-5,7H2,1-3H3,(H2,18,24)(H,19,20)/t8-,11?,17?/m0/s1. The number of aromatic nitrogens is 1. The summed E-state index contributed by atoms with van der Waals surface area (Å²) in [5, 5.41) is 7.32. The summed E-state index contributed by atoms with van der Waals surface area (Å²) in [6.45, 7) is 4.08. The zero-order valence-corrected chi connectivity index (χ0v) is 15.3. The molecule has 10 heteroatoms. The van der Waals surface area contributed by atoms with E-state index in [4.69, 9.17) is 15.3 Å². The van der Waals surface area contributed by atoms with Gasteiger partial charge in [-0.05, 0) is 20.3 Å². The predicted molar refractivity (Wildman–Crippen MR) is 94.6 cm³/mol. The number of carbonyl (C=O) groups excluding carboxylic acids is 2. The number of oxime groups is 1. The van der Waals surface area contributed by atoms with E-state index in [2.05, 4.69) is 10.5 Å². The molecule has 1 spiro atoms. The maximum absolute atomic E-state index is 13.2. The van der Waals surface area contributed by atoms with E-state index in [0.717, 1.165) is 0 Å². The van der Waals surface area contributed by atoms with Gasteiger partial charge in [0.15, 0.2) is 11.4 Å². The van der Waals surface area contributed by atoms with Crippen molar-refractivity contribution in [1.82, 2.24) is 14.8 Å². The van der Waals surface area contributed by atoms with Crippen molar-refractivity contribution in [3.05, 3.63) is 27.7 Å². The second kappa shape index (κ2) is 5.73. The first-order valence-electron chi connectivity index (χ1n) is 8.74. The lowest BCUT2D eigenvalue weighted by Crippen LogP contribution is -2.57. The van der Waals surface area contributed by atoms with Crippen LogP contribution in [-0.4, -0.2) is 52.5 Å². The molecular weight excluding hydrogens is 354 g/mol. The summed E-state index contributed by atoms with van der Waals surface area (Å²) in [5.41, 5.74) is 3.65. The molecule has 144 valence electrons. The summed E-state index contributed by atoms with van der Waals surface area (Å²) in [6, 6.07) is -0.487. The minimum atomic E-state index is -0.891. The van der Waals surface area contributed by atoms with Gasteiger partial charge in [0.05, 0.1) is 7.11 Å². The SMILES string of the molecule is COc1c2n(cc(C(N)=O)c1=O)C1CN(C2=O)[C@@H](C)CCC12NC(C)=NO2. The summed E-state index contributed by atoms with van der Waals surface area (Å²) >= 11 is 0. The fourth-order valence-corrected chi connectivity index (χ4v) is 4.17. The first-order chi connectivity index (χ1) is 12.8. The number of nitrogens with two attached hydrogens (primary N) is 1. The largest absolute Gasteiger partial charge is 0.491 e. The van der Waals surface area contributed by atoms with E-state index in [1.165, 1.54) is 13.3 Å². The second-order valence-corrected chi connectivity index (χ2v) is 7.17. The van der Waals surface area contributed by atoms with E-state index in [0.29, 0.717) is 25.2 Å². The quantitative estimate of drug-likeness (QED) is 0.736. The van der Waals surface area contributed by atoms with Gasteiger partial charge < -0.3 is 30.1 Å². The number of amidine groups is 1. The number of nitrogens with zero attached hydrogens (tertiary/aromatic N) is 3. The molecule has 3 atom stereocenters. The number of hydrogen-bond donors (Lipinski definition) is 2. The molecular formula is C17H21N5O5. The van der Waals surface area contributed by atoms with Gasteiger partial charge in [0.1, 0.15) is 17.4 Å². The Morgan fingerprint density at radius 3 is 2.81 bits per heavy atom. The first kappa shape index (κ1) is 17.4. The van der Waals surface area contributed by atoms with Crippen LogP contribution in [0.2, 0.25) is 0 Å². The number of fused-ring (bicyclic) bond motifs is 5. The Balaban J connectivity index is 2.00. The van der Waals surface area contributed by atoms with Crippen LogP contribution in [0.5, 0.6) is 5.75 Å². The van der Waals surface area contributed by atoms with Crippen LogP contribution in [-0.2, 0) is 4.84 Å². The van der Waals surface area contributed by atoms with Crippen LogP contribution in [0, 0.1) is 0 Å². The van der Waals surface area contributed by atoms with E-state index in [1.54, 1.807) is 16.4 Å². The van der Waals surface area contributed by atoms with Gasteiger partial charge in [0.2, 0.25) is 11.2 Å². The lowest BCUT2D eigenvalue weighted by atomic mass is 9.96. The Labute approximate surface area is 154 Å². The molecule has 10 nitrogen and oxygen atoms in total. The fourth-order valence-electron chi connectivity index (χ4n) is 4.17. The number of methoxy groups -OCH3 is 1. The molecule has 0 aromatic carbocycles. The average molecular weight is 375 g/mol. The van der Waals surface area contributed by atoms with Crippen molar-refractivity contribution in [1.29, 1.82) is 0 Å². The summed E-state index contributed by atoms with van der Waals surface area (Å²) in [6.07, 6.45) is 2.60. The monoisotopic (exact) mass is 375 g/mol. The topological polar surface area (TPSA) is 128 Å². The van der Waals surface area contributed by atoms with Crippen molar-refractivity contribution in [2.45, 2.75) is 44.5 Å². The smallest absolute Gasteiger partial charge is 0.274 e. The summed E-state index contributed by atoms with van der Waals surface area (Å²) < 4.78 is 6.82. The van der Waals surface area contributed by atoms with Crippen LogP contribution in [0.1, 0.15) is 53.6 Å². The summed E-state index contributed by atoms with van der Waals surface area (Å²) in [5.74, 6) is -0.771. The van der Waals surface area contributed by atoms with Crippen molar-refractivity contribution < 1.29 is 19.2 Å². The lowest BCUT2D eigenvalue weighted by molar-refractivity contribution is -0.0796. The van der Waals surface area contributed by atoms with Crippen LogP contribution in [0.3, 0.4) is 0 Å². The van der Waals surface area contributed by atoms with E-state index in [-0.39, 0.29) is 29.0 Å².